The average Bonchev–Trinajstić information content (AvgIpc) is 2.77. The second-order valence-electron chi connectivity index (χ2n) is 7.45. The molecular weight excluding hydrogens is 411 g/mol. The summed E-state index contributed by atoms with van der Waals surface area (Å²) in [4.78, 5) is 26.5. The van der Waals surface area contributed by atoms with Gasteiger partial charge in [-0.25, -0.2) is 4.79 Å². The highest BCUT2D eigenvalue weighted by Gasteiger charge is 2.33. The SMILES string of the molecule is O=C(NC1CC(c2ccc(C(F)(F)F)cc2)CN(C(=O)NCCO)C1)c1ccccc1. The Labute approximate surface area is 178 Å². The van der Waals surface area contributed by atoms with Gasteiger partial charge in [0.05, 0.1) is 12.2 Å². The van der Waals surface area contributed by atoms with Crippen LogP contribution in [0, 0.1) is 0 Å². The van der Waals surface area contributed by atoms with Crippen molar-refractivity contribution in [1.29, 1.82) is 0 Å². The van der Waals surface area contributed by atoms with Gasteiger partial charge >= 0.3 is 12.2 Å². The molecule has 0 aliphatic carbocycles. The summed E-state index contributed by atoms with van der Waals surface area (Å²) in [6, 6.07) is 12.7. The van der Waals surface area contributed by atoms with E-state index in [0.29, 0.717) is 24.1 Å². The maximum atomic E-state index is 12.9. The number of carbonyl (C=O) groups is 2. The summed E-state index contributed by atoms with van der Waals surface area (Å²) in [5.41, 5.74) is 0.403. The molecule has 1 fully saturated rings. The first-order valence-electron chi connectivity index (χ1n) is 9.94. The molecule has 2 aromatic carbocycles. The summed E-state index contributed by atoms with van der Waals surface area (Å²) in [5, 5.41) is 14.5. The zero-order valence-corrected chi connectivity index (χ0v) is 16.7. The van der Waals surface area contributed by atoms with Gasteiger partial charge in [-0.05, 0) is 36.2 Å². The highest BCUT2D eigenvalue weighted by atomic mass is 19.4. The third-order valence-corrected chi connectivity index (χ3v) is 5.21. The number of alkyl halides is 3. The summed E-state index contributed by atoms with van der Waals surface area (Å²) in [6.07, 6.45) is -3.94. The van der Waals surface area contributed by atoms with Crippen LogP contribution in [0.25, 0.3) is 0 Å². The van der Waals surface area contributed by atoms with E-state index in [4.69, 9.17) is 5.11 Å². The molecule has 0 saturated carbocycles. The molecule has 2 aromatic rings. The maximum absolute atomic E-state index is 12.9. The second-order valence-corrected chi connectivity index (χ2v) is 7.45. The number of aliphatic hydroxyl groups is 1. The van der Waals surface area contributed by atoms with Gasteiger partial charge in [0, 0.05) is 37.2 Å². The van der Waals surface area contributed by atoms with E-state index in [0.717, 1.165) is 12.1 Å². The zero-order chi connectivity index (χ0) is 22.4. The molecule has 1 heterocycles. The molecule has 2 atom stereocenters. The Morgan fingerprint density at radius 1 is 1.03 bits per heavy atom. The van der Waals surface area contributed by atoms with E-state index >= 15 is 0 Å². The van der Waals surface area contributed by atoms with Crippen molar-refractivity contribution in [3.05, 3.63) is 71.3 Å². The number of nitrogens with one attached hydrogen (secondary N) is 2. The van der Waals surface area contributed by atoms with Crippen molar-refractivity contribution in [3.63, 3.8) is 0 Å². The Hall–Kier alpha value is -3.07. The molecule has 3 N–H and O–H groups in total. The fraction of sp³-hybridized carbons (Fsp3) is 0.364. The number of piperidine rings is 1. The van der Waals surface area contributed by atoms with Crippen molar-refractivity contribution in [3.8, 4) is 0 Å². The summed E-state index contributed by atoms with van der Waals surface area (Å²) >= 11 is 0. The van der Waals surface area contributed by atoms with Crippen LogP contribution in [0.4, 0.5) is 18.0 Å². The number of carbonyl (C=O) groups excluding carboxylic acids is 2. The van der Waals surface area contributed by atoms with E-state index in [1.807, 2.05) is 0 Å². The van der Waals surface area contributed by atoms with Crippen LogP contribution in [0.2, 0.25) is 0 Å². The first-order valence-corrected chi connectivity index (χ1v) is 9.94. The van der Waals surface area contributed by atoms with Crippen LogP contribution >= 0.6 is 0 Å². The van der Waals surface area contributed by atoms with E-state index in [2.05, 4.69) is 10.6 Å². The predicted octanol–water partition coefficient (Wildman–Crippen LogP) is 3.00. The number of aliphatic hydroxyl groups excluding tert-OH is 1. The third kappa shape index (κ3) is 5.97. The summed E-state index contributed by atoms with van der Waals surface area (Å²) in [6.45, 7) is 0.421. The van der Waals surface area contributed by atoms with Crippen LogP contribution in [-0.2, 0) is 6.18 Å². The minimum Gasteiger partial charge on any atom is -0.395 e. The molecule has 0 spiro atoms. The number of benzene rings is 2. The molecule has 1 aliphatic heterocycles. The third-order valence-electron chi connectivity index (χ3n) is 5.21. The highest BCUT2D eigenvalue weighted by molar-refractivity contribution is 5.94. The standard InChI is InChI=1S/C22H24F3N3O3/c23-22(24,25)18-8-6-15(7-9-18)17-12-19(14-28(13-17)21(31)26-10-11-29)27-20(30)16-4-2-1-3-5-16/h1-9,17,19,29H,10-14H2,(H,26,31)(H,27,30). The molecule has 0 radical (unpaired) electrons. The number of hydrogen-bond acceptors (Lipinski definition) is 3. The van der Waals surface area contributed by atoms with Gasteiger partial charge in [0.25, 0.3) is 5.91 Å². The minimum absolute atomic E-state index is 0.0846. The lowest BCUT2D eigenvalue weighted by molar-refractivity contribution is -0.137. The van der Waals surface area contributed by atoms with Crippen molar-refractivity contribution < 1.29 is 27.9 Å². The molecule has 0 bridgehead atoms. The van der Waals surface area contributed by atoms with E-state index in [-0.39, 0.29) is 37.6 Å². The van der Waals surface area contributed by atoms with Crippen LogP contribution in [-0.4, -0.2) is 54.2 Å². The number of hydrogen-bond donors (Lipinski definition) is 3. The van der Waals surface area contributed by atoms with E-state index in [1.54, 1.807) is 30.3 Å². The molecule has 2 unspecified atom stereocenters. The first kappa shape index (κ1) is 22.6. The molecule has 9 heteroatoms. The van der Waals surface area contributed by atoms with Crippen LogP contribution in [0.15, 0.2) is 54.6 Å². The molecule has 3 rings (SSSR count). The number of halogens is 3. The fourth-order valence-electron chi connectivity index (χ4n) is 3.69. The number of likely N-dealkylation sites (tertiary alicyclic amines) is 1. The molecule has 1 aliphatic rings. The van der Waals surface area contributed by atoms with Gasteiger partial charge in [-0.15, -0.1) is 0 Å². The van der Waals surface area contributed by atoms with Crippen LogP contribution < -0.4 is 10.6 Å². The smallest absolute Gasteiger partial charge is 0.395 e. The number of amides is 3. The van der Waals surface area contributed by atoms with Gasteiger partial charge in [-0.3, -0.25) is 4.79 Å². The second kappa shape index (κ2) is 9.82. The molecule has 166 valence electrons. The molecule has 6 nitrogen and oxygen atoms in total. The van der Waals surface area contributed by atoms with Crippen molar-refractivity contribution in [2.24, 2.45) is 0 Å². The molecule has 31 heavy (non-hydrogen) atoms. The van der Waals surface area contributed by atoms with E-state index in [9.17, 15) is 22.8 Å². The summed E-state index contributed by atoms with van der Waals surface area (Å²) < 4.78 is 38.7. The lowest BCUT2D eigenvalue weighted by atomic mass is 9.87. The van der Waals surface area contributed by atoms with Crippen molar-refractivity contribution in [2.75, 3.05) is 26.2 Å². The Morgan fingerprint density at radius 2 is 1.71 bits per heavy atom. The van der Waals surface area contributed by atoms with Crippen LogP contribution in [0.5, 0.6) is 0 Å². The Kier molecular flexibility index (Phi) is 7.17. The predicted molar refractivity (Wildman–Crippen MR) is 109 cm³/mol. The monoisotopic (exact) mass is 435 g/mol. The van der Waals surface area contributed by atoms with Gasteiger partial charge in [0.2, 0.25) is 0 Å². The van der Waals surface area contributed by atoms with Crippen molar-refractivity contribution >= 4 is 11.9 Å². The van der Waals surface area contributed by atoms with Gasteiger partial charge < -0.3 is 20.6 Å². The van der Waals surface area contributed by atoms with Crippen LogP contribution in [0.3, 0.4) is 0 Å². The summed E-state index contributed by atoms with van der Waals surface area (Å²) in [5.74, 6) is -0.536. The minimum atomic E-state index is -4.42. The fourth-order valence-corrected chi connectivity index (χ4v) is 3.69. The number of rotatable bonds is 5. The van der Waals surface area contributed by atoms with Gasteiger partial charge in [0.1, 0.15) is 0 Å². The van der Waals surface area contributed by atoms with Gasteiger partial charge in [-0.1, -0.05) is 30.3 Å². The van der Waals surface area contributed by atoms with Crippen LogP contribution in [0.1, 0.15) is 33.8 Å². The van der Waals surface area contributed by atoms with Crippen molar-refractivity contribution in [2.45, 2.75) is 24.6 Å². The zero-order valence-electron chi connectivity index (χ0n) is 16.7. The molecule has 0 aromatic heterocycles. The molecule has 1 saturated heterocycles. The van der Waals surface area contributed by atoms with E-state index in [1.165, 1.54) is 17.0 Å². The lowest BCUT2D eigenvalue weighted by Crippen LogP contribution is -2.54. The topological polar surface area (TPSA) is 81.7 Å². The Bertz CT molecular complexity index is 888. The highest BCUT2D eigenvalue weighted by Crippen LogP contribution is 2.32. The van der Waals surface area contributed by atoms with Gasteiger partial charge in [0.15, 0.2) is 0 Å². The average molecular weight is 435 g/mol. The molecular formula is C22H24F3N3O3. The van der Waals surface area contributed by atoms with E-state index < -0.39 is 17.8 Å². The largest absolute Gasteiger partial charge is 0.416 e. The Balaban J connectivity index is 1.78. The van der Waals surface area contributed by atoms with Gasteiger partial charge in [-0.2, -0.15) is 13.2 Å². The molecule has 3 amide bonds. The van der Waals surface area contributed by atoms with Crippen molar-refractivity contribution in [1.82, 2.24) is 15.5 Å². The first-order chi connectivity index (χ1) is 14.8. The normalized spacial score (nSPS) is 19.0. The maximum Gasteiger partial charge on any atom is 0.416 e. The number of nitrogens with zero attached hydrogens (tertiary/aromatic N) is 1. The lowest BCUT2D eigenvalue weighted by Gasteiger charge is -2.38. The summed E-state index contributed by atoms with van der Waals surface area (Å²) in [7, 11) is 0. The quantitative estimate of drug-likeness (QED) is 0.676. The number of urea groups is 1. The Morgan fingerprint density at radius 3 is 2.32 bits per heavy atom.